The Kier molecular flexibility index (Phi) is 2.81. The normalized spacial score (nSPS) is 18.6. The van der Waals surface area contributed by atoms with Gasteiger partial charge < -0.3 is 5.32 Å². The molecule has 0 bridgehead atoms. The van der Waals surface area contributed by atoms with Crippen LogP contribution in [0.25, 0.3) is 10.9 Å². The highest BCUT2D eigenvalue weighted by Crippen LogP contribution is 2.49. The molecule has 1 aromatic heterocycles. The van der Waals surface area contributed by atoms with Crippen LogP contribution in [0.3, 0.4) is 0 Å². The number of fused-ring (bicyclic) bond motifs is 1. The number of benzene rings is 1. The van der Waals surface area contributed by atoms with Crippen molar-refractivity contribution in [2.45, 2.75) is 32.7 Å². The SMILES string of the molecule is CC(Nc1cccc2cc(Br)cnc12)C1(C)CC1. The number of halogens is 1. The van der Waals surface area contributed by atoms with Gasteiger partial charge in [0.1, 0.15) is 0 Å². The van der Waals surface area contributed by atoms with E-state index in [9.17, 15) is 0 Å². The van der Waals surface area contributed by atoms with Gasteiger partial charge >= 0.3 is 0 Å². The van der Waals surface area contributed by atoms with E-state index in [2.05, 4.69) is 64.3 Å². The lowest BCUT2D eigenvalue weighted by molar-refractivity contribution is 0.493. The Morgan fingerprint density at radius 3 is 2.89 bits per heavy atom. The minimum atomic E-state index is 0.470. The van der Waals surface area contributed by atoms with Crippen LogP contribution in [-0.4, -0.2) is 11.0 Å². The lowest BCUT2D eigenvalue weighted by atomic mass is 10.0. The Hall–Kier alpha value is -1.09. The molecule has 3 rings (SSSR count). The van der Waals surface area contributed by atoms with Crippen molar-refractivity contribution in [3.8, 4) is 0 Å². The van der Waals surface area contributed by atoms with Gasteiger partial charge in [-0.2, -0.15) is 0 Å². The van der Waals surface area contributed by atoms with E-state index in [4.69, 9.17) is 0 Å². The van der Waals surface area contributed by atoms with E-state index in [0.29, 0.717) is 11.5 Å². The number of anilines is 1. The maximum absolute atomic E-state index is 4.53. The molecular weight excluding hydrogens is 288 g/mol. The molecule has 0 saturated heterocycles. The van der Waals surface area contributed by atoms with Gasteiger partial charge in [0.15, 0.2) is 0 Å². The van der Waals surface area contributed by atoms with Crippen LogP contribution in [0.5, 0.6) is 0 Å². The molecule has 2 aromatic rings. The van der Waals surface area contributed by atoms with Crippen LogP contribution in [0.15, 0.2) is 34.9 Å². The largest absolute Gasteiger partial charge is 0.380 e. The van der Waals surface area contributed by atoms with Crippen molar-refractivity contribution in [3.05, 3.63) is 34.9 Å². The monoisotopic (exact) mass is 304 g/mol. The van der Waals surface area contributed by atoms with Crippen LogP contribution in [0, 0.1) is 5.41 Å². The first kappa shape index (κ1) is 12.0. The number of hydrogen-bond donors (Lipinski definition) is 1. The summed E-state index contributed by atoms with van der Waals surface area (Å²) < 4.78 is 1.02. The van der Waals surface area contributed by atoms with Crippen molar-refractivity contribution < 1.29 is 0 Å². The molecule has 3 heteroatoms. The first-order valence-corrected chi connectivity index (χ1v) is 7.19. The zero-order valence-electron chi connectivity index (χ0n) is 10.7. The Labute approximate surface area is 116 Å². The number of para-hydroxylation sites is 1. The van der Waals surface area contributed by atoms with Gasteiger partial charge in [0.25, 0.3) is 0 Å². The predicted octanol–water partition coefficient (Wildman–Crippen LogP) is 4.60. The average Bonchev–Trinajstić information content (AvgIpc) is 3.08. The quantitative estimate of drug-likeness (QED) is 0.896. The molecule has 1 saturated carbocycles. The van der Waals surface area contributed by atoms with E-state index < -0.39 is 0 Å². The molecule has 94 valence electrons. The minimum absolute atomic E-state index is 0.470. The number of aromatic nitrogens is 1. The van der Waals surface area contributed by atoms with Gasteiger partial charge in [-0.25, -0.2) is 0 Å². The topological polar surface area (TPSA) is 24.9 Å². The standard InChI is InChI=1S/C15H17BrN2/c1-10(15(2)6-7-15)18-13-5-3-4-11-8-12(16)9-17-14(11)13/h3-5,8-10,18H,6-7H2,1-2H3. The van der Waals surface area contributed by atoms with E-state index in [-0.39, 0.29) is 0 Å². The van der Waals surface area contributed by atoms with E-state index in [1.807, 2.05) is 6.20 Å². The molecular formula is C15H17BrN2. The van der Waals surface area contributed by atoms with Gasteiger partial charge in [0.05, 0.1) is 11.2 Å². The highest BCUT2D eigenvalue weighted by Gasteiger charge is 2.42. The highest BCUT2D eigenvalue weighted by molar-refractivity contribution is 9.10. The summed E-state index contributed by atoms with van der Waals surface area (Å²) >= 11 is 3.47. The van der Waals surface area contributed by atoms with Crippen molar-refractivity contribution in [2.24, 2.45) is 5.41 Å². The number of nitrogens with one attached hydrogen (secondary N) is 1. The van der Waals surface area contributed by atoms with Crippen LogP contribution in [0.2, 0.25) is 0 Å². The molecule has 0 spiro atoms. The Bertz CT molecular complexity index is 590. The number of nitrogens with zero attached hydrogens (tertiary/aromatic N) is 1. The summed E-state index contributed by atoms with van der Waals surface area (Å²) in [5.41, 5.74) is 2.66. The Balaban J connectivity index is 1.96. The fourth-order valence-corrected chi connectivity index (χ4v) is 2.64. The van der Waals surface area contributed by atoms with E-state index in [1.165, 1.54) is 18.2 Å². The zero-order chi connectivity index (χ0) is 12.8. The first-order valence-electron chi connectivity index (χ1n) is 6.39. The van der Waals surface area contributed by atoms with Gasteiger partial charge in [0, 0.05) is 22.1 Å². The summed E-state index contributed by atoms with van der Waals surface area (Å²) in [5.74, 6) is 0. The van der Waals surface area contributed by atoms with Crippen LogP contribution in [-0.2, 0) is 0 Å². The van der Waals surface area contributed by atoms with Gasteiger partial charge in [-0.3, -0.25) is 4.98 Å². The van der Waals surface area contributed by atoms with Gasteiger partial charge in [-0.1, -0.05) is 19.1 Å². The molecule has 1 aliphatic rings. The lowest BCUT2D eigenvalue weighted by Gasteiger charge is -2.22. The van der Waals surface area contributed by atoms with E-state index in [0.717, 1.165) is 15.7 Å². The smallest absolute Gasteiger partial charge is 0.0934 e. The van der Waals surface area contributed by atoms with Crippen LogP contribution in [0.4, 0.5) is 5.69 Å². The second-order valence-corrected chi connectivity index (χ2v) is 6.47. The summed E-state index contributed by atoms with van der Waals surface area (Å²) in [6, 6.07) is 8.90. The summed E-state index contributed by atoms with van der Waals surface area (Å²) in [6.45, 7) is 4.62. The third-order valence-corrected chi connectivity index (χ3v) is 4.57. The van der Waals surface area contributed by atoms with E-state index >= 15 is 0 Å². The maximum Gasteiger partial charge on any atom is 0.0934 e. The molecule has 1 aromatic carbocycles. The van der Waals surface area contributed by atoms with E-state index in [1.54, 1.807) is 0 Å². The molecule has 18 heavy (non-hydrogen) atoms. The van der Waals surface area contributed by atoms with Crippen molar-refractivity contribution in [3.63, 3.8) is 0 Å². The summed E-state index contributed by atoms with van der Waals surface area (Å²) in [7, 11) is 0. The third kappa shape index (κ3) is 2.12. The van der Waals surface area contributed by atoms with Gasteiger partial charge in [0.2, 0.25) is 0 Å². The fraction of sp³-hybridized carbons (Fsp3) is 0.400. The second kappa shape index (κ2) is 4.23. The molecule has 1 N–H and O–H groups in total. The number of rotatable bonds is 3. The molecule has 1 aliphatic carbocycles. The maximum atomic E-state index is 4.53. The molecule has 2 nitrogen and oxygen atoms in total. The second-order valence-electron chi connectivity index (χ2n) is 5.55. The predicted molar refractivity (Wildman–Crippen MR) is 79.9 cm³/mol. The number of pyridine rings is 1. The van der Waals surface area contributed by atoms with Crippen molar-refractivity contribution in [1.82, 2.24) is 4.98 Å². The average molecular weight is 305 g/mol. The molecule has 0 radical (unpaired) electrons. The fourth-order valence-electron chi connectivity index (χ4n) is 2.29. The van der Waals surface area contributed by atoms with Gasteiger partial charge in [-0.15, -0.1) is 0 Å². The van der Waals surface area contributed by atoms with Crippen molar-refractivity contribution in [2.75, 3.05) is 5.32 Å². The summed E-state index contributed by atoms with van der Waals surface area (Å²) in [6.07, 6.45) is 4.51. The van der Waals surface area contributed by atoms with Gasteiger partial charge in [-0.05, 0) is 53.2 Å². The summed E-state index contributed by atoms with van der Waals surface area (Å²) in [4.78, 5) is 4.53. The molecule has 1 heterocycles. The van der Waals surface area contributed by atoms with Crippen LogP contribution >= 0.6 is 15.9 Å². The Morgan fingerprint density at radius 2 is 2.17 bits per heavy atom. The lowest BCUT2D eigenvalue weighted by Crippen LogP contribution is -2.25. The molecule has 1 unspecified atom stereocenters. The Morgan fingerprint density at radius 1 is 1.39 bits per heavy atom. The first-order chi connectivity index (χ1) is 8.58. The number of hydrogen-bond acceptors (Lipinski definition) is 2. The summed E-state index contributed by atoms with van der Waals surface area (Å²) in [5, 5.41) is 4.80. The minimum Gasteiger partial charge on any atom is -0.380 e. The van der Waals surface area contributed by atoms with Crippen molar-refractivity contribution >= 4 is 32.5 Å². The molecule has 0 amide bonds. The van der Waals surface area contributed by atoms with Crippen molar-refractivity contribution in [1.29, 1.82) is 0 Å². The highest BCUT2D eigenvalue weighted by atomic mass is 79.9. The molecule has 0 aliphatic heterocycles. The third-order valence-electron chi connectivity index (χ3n) is 4.13. The molecule has 1 atom stereocenters. The molecule has 1 fully saturated rings. The van der Waals surface area contributed by atoms with Crippen LogP contribution < -0.4 is 5.32 Å². The zero-order valence-corrected chi connectivity index (χ0v) is 12.3. The van der Waals surface area contributed by atoms with Crippen LogP contribution in [0.1, 0.15) is 26.7 Å².